The summed E-state index contributed by atoms with van der Waals surface area (Å²) in [6, 6.07) is 19.7. The molecule has 8 heteroatoms. The topological polar surface area (TPSA) is 97.5 Å². The van der Waals surface area contributed by atoms with E-state index in [0.29, 0.717) is 43.2 Å². The summed E-state index contributed by atoms with van der Waals surface area (Å²) in [5, 5.41) is 19.2. The van der Waals surface area contributed by atoms with Crippen LogP contribution in [0.2, 0.25) is 5.02 Å². The minimum Gasteiger partial charge on any atom is -0.481 e. The van der Waals surface area contributed by atoms with Crippen LogP contribution < -0.4 is 4.90 Å². The molecule has 2 heterocycles. The lowest BCUT2D eigenvalue weighted by atomic mass is 9.88. The van der Waals surface area contributed by atoms with E-state index in [0.717, 1.165) is 53.0 Å². The van der Waals surface area contributed by atoms with E-state index in [1.165, 1.54) is 0 Å². The van der Waals surface area contributed by atoms with Crippen LogP contribution >= 0.6 is 11.6 Å². The van der Waals surface area contributed by atoms with Gasteiger partial charge < -0.3 is 14.9 Å². The molecule has 3 aliphatic rings. The summed E-state index contributed by atoms with van der Waals surface area (Å²) in [7, 11) is 0. The first-order valence-corrected chi connectivity index (χ1v) is 14.5. The molecule has 1 saturated heterocycles. The number of carboxylic acid groups (broad SMARTS) is 1. The van der Waals surface area contributed by atoms with Crippen molar-refractivity contribution in [2.75, 3.05) is 31.1 Å². The van der Waals surface area contributed by atoms with Crippen LogP contribution in [0.15, 0.2) is 60.7 Å². The second-order valence-electron chi connectivity index (χ2n) is 11.1. The molecule has 1 aromatic heterocycles. The molecule has 1 aliphatic heterocycles. The molecule has 0 radical (unpaired) electrons. The number of nitrogens with zero attached hydrogens (tertiary/aromatic N) is 4. The van der Waals surface area contributed by atoms with E-state index in [-0.39, 0.29) is 18.2 Å². The molecule has 0 spiro atoms. The van der Waals surface area contributed by atoms with Crippen LogP contribution in [0.25, 0.3) is 17.3 Å². The minimum absolute atomic E-state index is 0.0943. The Morgan fingerprint density at radius 1 is 1.07 bits per heavy atom. The van der Waals surface area contributed by atoms with Crippen LogP contribution in [-0.4, -0.2) is 53.0 Å². The number of aromatic nitrogens is 1. The Labute approximate surface area is 244 Å². The average Bonchev–Trinajstić information content (AvgIpc) is 3.76. The van der Waals surface area contributed by atoms with Gasteiger partial charge in [-0.3, -0.25) is 9.59 Å². The maximum atomic E-state index is 13.9. The maximum Gasteiger partial charge on any atom is 0.303 e. The fourth-order valence-electron chi connectivity index (χ4n) is 6.31. The number of halogens is 1. The number of aliphatic carboxylic acids is 1. The van der Waals surface area contributed by atoms with Gasteiger partial charge in [0.25, 0.3) is 0 Å². The van der Waals surface area contributed by atoms with Gasteiger partial charge in [-0.05, 0) is 67.2 Å². The highest BCUT2D eigenvalue weighted by Crippen LogP contribution is 2.64. The molecule has 0 bridgehead atoms. The van der Waals surface area contributed by atoms with E-state index in [1.54, 1.807) is 0 Å². The summed E-state index contributed by atoms with van der Waals surface area (Å²) in [4.78, 5) is 34.2. The van der Waals surface area contributed by atoms with Crippen molar-refractivity contribution in [3.63, 3.8) is 0 Å². The first kappa shape index (κ1) is 27.0. The standard InChI is InChI=1S/C33H31ClN4O3/c34-25-11-9-22(10-12-25)31-23(5-2-4-8-30(39)40)19-26-27-20-33(27,14-13-28(26)36-31)32(41)38-17-15-37(16-18-38)29-7-3-1-6-24(29)21-35/h1,3,6-7,9-14,19,27H,2,4-5,8,15-18,20H2,(H,39,40). The number of amides is 1. The van der Waals surface area contributed by atoms with Gasteiger partial charge in [-0.2, -0.15) is 5.26 Å². The summed E-state index contributed by atoms with van der Waals surface area (Å²) in [5.41, 5.74) is 5.99. The summed E-state index contributed by atoms with van der Waals surface area (Å²) >= 11 is 6.13. The number of anilines is 1. The zero-order valence-electron chi connectivity index (χ0n) is 22.7. The molecule has 2 unspecified atom stereocenters. The number of nitriles is 1. The first-order chi connectivity index (χ1) is 19.9. The molecule has 41 heavy (non-hydrogen) atoms. The summed E-state index contributed by atoms with van der Waals surface area (Å²) in [5.74, 6) is -0.521. The van der Waals surface area contributed by atoms with Gasteiger partial charge in [0.15, 0.2) is 0 Å². The average molecular weight is 567 g/mol. The summed E-state index contributed by atoms with van der Waals surface area (Å²) in [6.07, 6.45) is 7.05. The van der Waals surface area contributed by atoms with Gasteiger partial charge in [0.2, 0.25) is 5.91 Å². The molecular weight excluding hydrogens is 536 g/mol. The van der Waals surface area contributed by atoms with Crippen molar-refractivity contribution in [1.82, 2.24) is 9.88 Å². The Hall–Kier alpha value is -4.15. The van der Waals surface area contributed by atoms with Crippen LogP contribution in [0.3, 0.4) is 0 Å². The largest absolute Gasteiger partial charge is 0.481 e. The maximum absolute atomic E-state index is 13.9. The zero-order valence-corrected chi connectivity index (χ0v) is 23.5. The normalized spacial score (nSPS) is 20.6. The lowest BCUT2D eigenvalue weighted by molar-refractivity contribution is -0.137. The predicted octanol–water partition coefficient (Wildman–Crippen LogP) is 5.92. The molecule has 1 saturated carbocycles. The number of hydrogen-bond acceptors (Lipinski definition) is 5. The van der Waals surface area contributed by atoms with Crippen LogP contribution in [0.1, 0.15) is 54.0 Å². The van der Waals surface area contributed by atoms with E-state index in [1.807, 2.05) is 59.5 Å². The van der Waals surface area contributed by atoms with Gasteiger partial charge in [-0.25, -0.2) is 4.98 Å². The quantitative estimate of drug-likeness (QED) is 0.340. The van der Waals surface area contributed by atoms with E-state index in [9.17, 15) is 14.9 Å². The van der Waals surface area contributed by atoms with Gasteiger partial charge in [0.05, 0.1) is 28.1 Å². The number of piperazine rings is 1. The molecule has 2 fully saturated rings. The first-order valence-electron chi connectivity index (χ1n) is 14.1. The SMILES string of the molecule is N#Cc1ccccc1N1CCN(C(=O)C23C=Cc4nc(-c5ccc(Cl)cc5)c(CCCCC(=O)O)cc4C2C3)CC1. The molecule has 2 aromatic carbocycles. The lowest BCUT2D eigenvalue weighted by Gasteiger charge is -2.38. The molecular formula is C33H31ClN4O3. The van der Waals surface area contributed by atoms with Crippen molar-refractivity contribution in [3.8, 4) is 17.3 Å². The van der Waals surface area contributed by atoms with Crippen molar-refractivity contribution in [2.45, 2.75) is 38.0 Å². The monoisotopic (exact) mass is 566 g/mol. The zero-order chi connectivity index (χ0) is 28.6. The highest BCUT2D eigenvalue weighted by atomic mass is 35.5. The Balaban J connectivity index is 1.21. The molecule has 7 nitrogen and oxygen atoms in total. The van der Waals surface area contributed by atoms with Crippen LogP contribution in [0.4, 0.5) is 5.69 Å². The van der Waals surface area contributed by atoms with E-state index >= 15 is 0 Å². The van der Waals surface area contributed by atoms with Crippen LogP contribution in [0.5, 0.6) is 0 Å². The minimum atomic E-state index is -0.784. The van der Waals surface area contributed by atoms with Gasteiger partial charge in [0, 0.05) is 49.1 Å². The van der Waals surface area contributed by atoms with Crippen LogP contribution in [0, 0.1) is 16.7 Å². The third kappa shape index (κ3) is 5.20. The number of benzene rings is 2. The third-order valence-corrected chi connectivity index (χ3v) is 8.87. The fourth-order valence-corrected chi connectivity index (χ4v) is 6.44. The van der Waals surface area contributed by atoms with Gasteiger partial charge in [0.1, 0.15) is 6.07 Å². The second kappa shape index (κ2) is 11.0. The summed E-state index contributed by atoms with van der Waals surface area (Å²) < 4.78 is 0. The number of carbonyl (C=O) groups is 2. The van der Waals surface area contributed by atoms with Gasteiger partial charge in [-0.15, -0.1) is 0 Å². The van der Waals surface area contributed by atoms with Crippen molar-refractivity contribution in [1.29, 1.82) is 5.26 Å². The number of rotatable bonds is 8. The Morgan fingerprint density at radius 2 is 1.83 bits per heavy atom. The van der Waals surface area contributed by atoms with Crippen molar-refractivity contribution in [3.05, 3.63) is 88.1 Å². The molecule has 3 aromatic rings. The highest BCUT2D eigenvalue weighted by molar-refractivity contribution is 6.30. The Morgan fingerprint density at radius 3 is 2.56 bits per heavy atom. The molecule has 2 aliphatic carbocycles. The second-order valence-corrected chi connectivity index (χ2v) is 11.6. The number of para-hydroxylation sites is 1. The molecule has 6 rings (SSSR count). The molecule has 1 N–H and O–H groups in total. The summed E-state index contributed by atoms with van der Waals surface area (Å²) in [6.45, 7) is 2.63. The van der Waals surface area contributed by atoms with Gasteiger partial charge >= 0.3 is 5.97 Å². The lowest BCUT2D eigenvalue weighted by Crippen LogP contribution is -2.51. The number of hydrogen-bond donors (Lipinski definition) is 1. The van der Waals surface area contributed by atoms with Crippen molar-refractivity contribution >= 4 is 35.2 Å². The number of carboxylic acids is 1. The number of unbranched alkanes of at least 4 members (excludes halogenated alkanes) is 1. The van der Waals surface area contributed by atoms with Crippen molar-refractivity contribution in [2.24, 2.45) is 5.41 Å². The van der Waals surface area contributed by atoms with Gasteiger partial charge in [-0.1, -0.05) is 48.0 Å². The number of pyridine rings is 1. The molecule has 2 atom stereocenters. The smallest absolute Gasteiger partial charge is 0.303 e. The fraction of sp³-hybridized carbons (Fsp3) is 0.333. The number of carbonyl (C=O) groups excluding carboxylic acids is 1. The Bertz CT molecular complexity index is 1570. The number of aryl methyl sites for hydroxylation is 1. The van der Waals surface area contributed by atoms with Crippen LogP contribution in [-0.2, 0) is 16.0 Å². The van der Waals surface area contributed by atoms with E-state index in [2.05, 4.69) is 23.1 Å². The third-order valence-electron chi connectivity index (χ3n) is 8.61. The predicted molar refractivity (Wildman–Crippen MR) is 159 cm³/mol. The van der Waals surface area contributed by atoms with Crippen molar-refractivity contribution < 1.29 is 14.7 Å². The van der Waals surface area contributed by atoms with E-state index < -0.39 is 11.4 Å². The molecule has 1 amide bonds. The van der Waals surface area contributed by atoms with E-state index in [4.69, 9.17) is 21.7 Å². The number of fused-ring (bicyclic) bond motifs is 3. The highest BCUT2D eigenvalue weighted by Gasteiger charge is 2.62. The molecule has 208 valence electrons. The Kier molecular flexibility index (Phi) is 7.27.